The molecule has 1 aliphatic heterocycles. The summed E-state index contributed by atoms with van der Waals surface area (Å²) in [5.41, 5.74) is 0.829. The molecule has 0 aliphatic carbocycles. The van der Waals surface area contributed by atoms with E-state index in [1.807, 2.05) is 0 Å². The molecule has 3 N–H and O–H groups in total. The first-order valence-corrected chi connectivity index (χ1v) is 8.42. The van der Waals surface area contributed by atoms with E-state index < -0.39 is 10.0 Å². The molecular weight excluding hydrogens is 292 g/mol. The van der Waals surface area contributed by atoms with Crippen LogP contribution in [0.2, 0.25) is 0 Å². The van der Waals surface area contributed by atoms with Gasteiger partial charge in [0.15, 0.2) is 0 Å². The Morgan fingerprint density at radius 3 is 2.67 bits per heavy atom. The van der Waals surface area contributed by atoms with Gasteiger partial charge in [-0.15, -0.1) is 0 Å². The largest absolute Gasteiger partial charge is 0.381 e. The minimum absolute atomic E-state index is 0.0128. The molecule has 0 radical (unpaired) electrons. The normalized spacial score (nSPS) is 16.7. The van der Waals surface area contributed by atoms with Gasteiger partial charge in [0.05, 0.1) is 4.90 Å². The van der Waals surface area contributed by atoms with Gasteiger partial charge in [-0.2, -0.15) is 0 Å². The SMILES string of the molecule is Cc1ccc(C(=O)NCC2CCOCC2)cc1S(N)(=O)=O. The number of primary sulfonamides is 1. The summed E-state index contributed by atoms with van der Waals surface area (Å²) in [6.45, 7) is 3.66. The second-order valence-electron chi connectivity index (χ2n) is 5.29. The Balaban J connectivity index is 2.05. The summed E-state index contributed by atoms with van der Waals surface area (Å²) >= 11 is 0. The number of ether oxygens (including phenoxy) is 1. The average Bonchev–Trinajstić information content (AvgIpc) is 2.45. The Hall–Kier alpha value is -1.44. The van der Waals surface area contributed by atoms with Gasteiger partial charge in [0.25, 0.3) is 5.91 Å². The van der Waals surface area contributed by atoms with Crippen LogP contribution < -0.4 is 10.5 Å². The van der Waals surface area contributed by atoms with E-state index in [2.05, 4.69) is 5.32 Å². The predicted molar refractivity (Wildman–Crippen MR) is 78.4 cm³/mol. The highest BCUT2D eigenvalue weighted by Gasteiger charge is 2.17. The van der Waals surface area contributed by atoms with Crippen molar-refractivity contribution in [3.8, 4) is 0 Å². The second-order valence-corrected chi connectivity index (χ2v) is 6.82. The van der Waals surface area contributed by atoms with Crippen LogP contribution in [-0.4, -0.2) is 34.1 Å². The number of nitrogens with one attached hydrogen (secondary N) is 1. The number of aryl methyl sites for hydroxylation is 1. The monoisotopic (exact) mass is 312 g/mol. The summed E-state index contributed by atoms with van der Waals surface area (Å²) in [7, 11) is -3.82. The van der Waals surface area contributed by atoms with E-state index in [0.29, 0.717) is 23.6 Å². The number of carbonyl (C=O) groups is 1. The summed E-state index contributed by atoms with van der Waals surface area (Å²) in [5.74, 6) is 0.122. The highest BCUT2D eigenvalue weighted by molar-refractivity contribution is 7.89. The number of carbonyl (C=O) groups excluding carboxylic acids is 1. The summed E-state index contributed by atoms with van der Waals surface area (Å²) in [4.78, 5) is 12.1. The van der Waals surface area contributed by atoms with Crippen molar-refractivity contribution in [1.29, 1.82) is 0 Å². The zero-order valence-corrected chi connectivity index (χ0v) is 12.8. The highest BCUT2D eigenvalue weighted by atomic mass is 32.2. The minimum Gasteiger partial charge on any atom is -0.381 e. The van der Waals surface area contributed by atoms with Crippen LogP contribution in [-0.2, 0) is 14.8 Å². The molecule has 6 nitrogen and oxygen atoms in total. The quantitative estimate of drug-likeness (QED) is 0.859. The number of rotatable bonds is 4. The van der Waals surface area contributed by atoms with E-state index in [-0.39, 0.29) is 10.8 Å². The number of amides is 1. The van der Waals surface area contributed by atoms with Gasteiger partial charge >= 0.3 is 0 Å². The van der Waals surface area contributed by atoms with Gasteiger partial charge in [0.2, 0.25) is 10.0 Å². The molecule has 2 rings (SSSR count). The van der Waals surface area contributed by atoms with Crippen LogP contribution in [0.5, 0.6) is 0 Å². The van der Waals surface area contributed by atoms with E-state index in [4.69, 9.17) is 9.88 Å². The maximum absolute atomic E-state index is 12.1. The van der Waals surface area contributed by atoms with Crippen LogP contribution in [0.25, 0.3) is 0 Å². The fourth-order valence-corrected chi connectivity index (χ4v) is 3.15. The van der Waals surface area contributed by atoms with Gasteiger partial charge in [-0.1, -0.05) is 6.07 Å². The molecule has 1 aromatic rings. The van der Waals surface area contributed by atoms with Gasteiger partial charge in [0, 0.05) is 25.3 Å². The van der Waals surface area contributed by atoms with Crippen LogP contribution in [0.3, 0.4) is 0 Å². The molecule has 1 heterocycles. The van der Waals surface area contributed by atoms with Crippen LogP contribution in [0.4, 0.5) is 0 Å². The smallest absolute Gasteiger partial charge is 0.251 e. The molecule has 1 aromatic carbocycles. The zero-order chi connectivity index (χ0) is 15.5. The van der Waals surface area contributed by atoms with Gasteiger partial charge in [0.1, 0.15) is 0 Å². The van der Waals surface area contributed by atoms with Crippen molar-refractivity contribution in [2.24, 2.45) is 11.1 Å². The van der Waals surface area contributed by atoms with E-state index in [1.165, 1.54) is 6.07 Å². The first kappa shape index (κ1) is 15.9. The van der Waals surface area contributed by atoms with Gasteiger partial charge in [-0.3, -0.25) is 4.79 Å². The predicted octanol–water partition coefficient (Wildman–Crippen LogP) is 0.799. The number of nitrogens with two attached hydrogens (primary N) is 1. The molecule has 1 aliphatic rings. The van der Waals surface area contributed by atoms with Crippen LogP contribution in [0.15, 0.2) is 23.1 Å². The summed E-state index contributed by atoms with van der Waals surface area (Å²) in [5, 5.41) is 7.98. The highest BCUT2D eigenvalue weighted by Crippen LogP contribution is 2.16. The van der Waals surface area contributed by atoms with Gasteiger partial charge in [-0.05, 0) is 43.4 Å². The fraction of sp³-hybridized carbons (Fsp3) is 0.500. The number of hydrogen-bond acceptors (Lipinski definition) is 4. The first-order valence-electron chi connectivity index (χ1n) is 6.87. The average molecular weight is 312 g/mol. The maximum Gasteiger partial charge on any atom is 0.251 e. The lowest BCUT2D eigenvalue weighted by atomic mass is 10.0. The number of hydrogen-bond donors (Lipinski definition) is 2. The Bertz CT molecular complexity index is 622. The van der Waals surface area contributed by atoms with Crippen molar-refractivity contribution in [1.82, 2.24) is 5.32 Å². The number of sulfonamides is 1. The first-order chi connectivity index (χ1) is 9.88. The Morgan fingerprint density at radius 2 is 2.05 bits per heavy atom. The third-order valence-electron chi connectivity index (χ3n) is 3.65. The fourth-order valence-electron chi connectivity index (χ4n) is 2.34. The molecule has 0 saturated carbocycles. The Morgan fingerprint density at radius 1 is 1.38 bits per heavy atom. The van der Waals surface area contributed by atoms with Crippen molar-refractivity contribution >= 4 is 15.9 Å². The molecule has 0 bridgehead atoms. The molecular formula is C14H20N2O4S. The molecule has 1 amide bonds. The van der Waals surface area contributed by atoms with Crippen molar-refractivity contribution in [2.45, 2.75) is 24.7 Å². The molecule has 0 atom stereocenters. The molecule has 21 heavy (non-hydrogen) atoms. The molecule has 0 unspecified atom stereocenters. The summed E-state index contributed by atoms with van der Waals surface area (Å²) < 4.78 is 28.2. The van der Waals surface area contributed by atoms with Gasteiger partial charge < -0.3 is 10.1 Å². The van der Waals surface area contributed by atoms with Crippen molar-refractivity contribution < 1.29 is 17.9 Å². The minimum atomic E-state index is -3.82. The third-order valence-corrected chi connectivity index (χ3v) is 4.70. The summed E-state index contributed by atoms with van der Waals surface area (Å²) in [6, 6.07) is 4.51. The number of benzene rings is 1. The lowest BCUT2D eigenvalue weighted by Crippen LogP contribution is -2.32. The topological polar surface area (TPSA) is 98.5 Å². The van der Waals surface area contributed by atoms with Crippen molar-refractivity contribution in [3.05, 3.63) is 29.3 Å². The molecule has 0 aromatic heterocycles. The third kappa shape index (κ3) is 4.26. The van der Waals surface area contributed by atoms with Crippen LogP contribution in [0.1, 0.15) is 28.8 Å². The van der Waals surface area contributed by atoms with E-state index >= 15 is 0 Å². The van der Waals surface area contributed by atoms with E-state index in [1.54, 1.807) is 19.1 Å². The molecule has 7 heteroatoms. The van der Waals surface area contributed by atoms with Gasteiger partial charge in [-0.25, -0.2) is 13.6 Å². The molecule has 116 valence electrons. The van der Waals surface area contributed by atoms with Crippen LogP contribution >= 0.6 is 0 Å². The van der Waals surface area contributed by atoms with Crippen molar-refractivity contribution in [2.75, 3.05) is 19.8 Å². The molecule has 1 saturated heterocycles. The van der Waals surface area contributed by atoms with Crippen LogP contribution in [0, 0.1) is 12.8 Å². The maximum atomic E-state index is 12.1. The summed E-state index contributed by atoms with van der Waals surface area (Å²) in [6.07, 6.45) is 1.85. The van der Waals surface area contributed by atoms with Crippen molar-refractivity contribution in [3.63, 3.8) is 0 Å². The molecule has 1 fully saturated rings. The molecule has 0 spiro atoms. The zero-order valence-electron chi connectivity index (χ0n) is 12.0. The Kier molecular flexibility index (Phi) is 4.97. The lowest BCUT2D eigenvalue weighted by molar-refractivity contribution is 0.0642. The standard InChI is InChI=1S/C14H20N2O4S/c1-10-2-3-12(8-13(10)21(15,18)19)14(17)16-9-11-4-6-20-7-5-11/h2-3,8,11H,4-7,9H2,1H3,(H,16,17)(H2,15,18,19). The van der Waals surface area contributed by atoms with E-state index in [9.17, 15) is 13.2 Å². The lowest BCUT2D eigenvalue weighted by Gasteiger charge is -2.22. The Labute approximate surface area is 124 Å². The van der Waals surface area contributed by atoms with E-state index in [0.717, 1.165) is 26.1 Å². The second kappa shape index (κ2) is 6.55.